The minimum atomic E-state index is -0.115. The van der Waals surface area contributed by atoms with Gasteiger partial charge in [-0.05, 0) is 19.4 Å². The van der Waals surface area contributed by atoms with E-state index in [1.807, 2.05) is 13.8 Å². The molecule has 92 valence electrons. The molecule has 0 aliphatic rings. The second-order valence-corrected chi connectivity index (χ2v) is 4.11. The van der Waals surface area contributed by atoms with Crippen LogP contribution in [0.25, 0.3) is 0 Å². The van der Waals surface area contributed by atoms with E-state index in [0.717, 1.165) is 6.42 Å². The minimum absolute atomic E-state index is 0.0323. The molecule has 0 radical (unpaired) electrons. The number of hydrogen-bond donors (Lipinski definition) is 0. The standard InChI is InChI=1S/C14H18O3/c1-5-9(2)14(16)13-11(10(3)15)7-6-8-12(13)17-4/h6-9H,5H2,1-4H3/t9-/m1/s1. The Morgan fingerprint density at radius 3 is 2.47 bits per heavy atom. The van der Waals surface area contributed by atoms with Gasteiger partial charge in [0.15, 0.2) is 11.6 Å². The molecule has 0 aliphatic heterocycles. The maximum Gasteiger partial charge on any atom is 0.170 e. The molecule has 0 amide bonds. The lowest BCUT2D eigenvalue weighted by Gasteiger charge is -2.14. The van der Waals surface area contributed by atoms with E-state index >= 15 is 0 Å². The van der Waals surface area contributed by atoms with Crippen LogP contribution < -0.4 is 4.74 Å². The fourth-order valence-corrected chi connectivity index (χ4v) is 1.68. The number of ether oxygens (including phenoxy) is 1. The second-order valence-electron chi connectivity index (χ2n) is 4.11. The number of ketones is 2. The predicted molar refractivity (Wildman–Crippen MR) is 66.8 cm³/mol. The summed E-state index contributed by atoms with van der Waals surface area (Å²) >= 11 is 0. The molecular weight excluding hydrogens is 216 g/mol. The fourth-order valence-electron chi connectivity index (χ4n) is 1.68. The molecule has 0 aliphatic carbocycles. The highest BCUT2D eigenvalue weighted by molar-refractivity contribution is 6.10. The summed E-state index contributed by atoms with van der Waals surface area (Å²) in [6.45, 7) is 5.27. The lowest BCUT2D eigenvalue weighted by Crippen LogP contribution is -2.15. The van der Waals surface area contributed by atoms with Gasteiger partial charge in [0.25, 0.3) is 0 Å². The monoisotopic (exact) mass is 234 g/mol. The smallest absolute Gasteiger partial charge is 0.170 e. The van der Waals surface area contributed by atoms with Crippen LogP contribution in [0.5, 0.6) is 5.75 Å². The molecular formula is C14H18O3. The van der Waals surface area contributed by atoms with Gasteiger partial charge in [-0.3, -0.25) is 9.59 Å². The SMILES string of the molecule is CC[C@@H](C)C(=O)c1c(OC)cccc1C(C)=O. The highest BCUT2D eigenvalue weighted by Crippen LogP contribution is 2.26. The van der Waals surface area contributed by atoms with E-state index in [0.29, 0.717) is 16.9 Å². The number of methoxy groups -OCH3 is 1. The maximum absolute atomic E-state index is 12.2. The van der Waals surface area contributed by atoms with Crippen LogP contribution in [0.2, 0.25) is 0 Å². The number of benzene rings is 1. The molecule has 1 rings (SSSR count). The minimum Gasteiger partial charge on any atom is -0.496 e. The normalized spacial score (nSPS) is 12.0. The summed E-state index contributed by atoms with van der Waals surface area (Å²) < 4.78 is 5.18. The molecule has 0 bridgehead atoms. The summed E-state index contributed by atoms with van der Waals surface area (Å²) in [6.07, 6.45) is 0.744. The number of hydrogen-bond acceptors (Lipinski definition) is 3. The van der Waals surface area contributed by atoms with Gasteiger partial charge in [-0.2, -0.15) is 0 Å². The Labute approximate surface area is 102 Å². The van der Waals surface area contributed by atoms with Gasteiger partial charge < -0.3 is 4.74 Å². The van der Waals surface area contributed by atoms with Gasteiger partial charge in [-0.15, -0.1) is 0 Å². The molecule has 0 saturated carbocycles. The molecule has 1 aromatic rings. The van der Waals surface area contributed by atoms with Crippen molar-refractivity contribution >= 4 is 11.6 Å². The molecule has 0 spiro atoms. The van der Waals surface area contributed by atoms with Crippen molar-refractivity contribution in [3.8, 4) is 5.75 Å². The first-order chi connectivity index (χ1) is 8.02. The van der Waals surface area contributed by atoms with Gasteiger partial charge in [-0.1, -0.05) is 26.0 Å². The zero-order valence-electron chi connectivity index (χ0n) is 10.7. The average Bonchev–Trinajstić information content (AvgIpc) is 2.35. The van der Waals surface area contributed by atoms with Crippen LogP contribution in [-0.4, -0.2) is 18.7 Å². The van der Waals surface area contributed by atoms with E-state index in [1.165, 1.54) is 14.0 Å². The Balaban J connectivity index is 3.36. The second kappa shape index (κ2) is 5.62. The summed E-state index contributed by atoms with van der Waals surface area (Å²) in [5.41, 5.74) is 0.853. The molecule has 0 unspecified atom stereocenters. The molecule has 1 aromatic carbocycles. The van der Waals surface area contributed by atoms with Crippen molar-refractivity contribution in [2.75, 3.05) is 7.11 Å². The first-order valence-electron chi connectivity index (χ1n) is 5.75. The summed E-state index contributed by atoms with van der Waals surface area (Å²) in [7, 11) is 1.51. The summed E-state index contributed by atoms with van der Waals surface area (Å²) in [6, 6.07) is 5.10. The highest BCUT2D eigenvalue weighted by Gasteiger charge is 2.22. The molecule has 1 atom stereocenters. The lowest BCUT2D eigenvalue weighted by atomic mass is 9.91. The molecule has 0 N–H and O–H groups in total. The lowest BCUT2D eigenvalue weighted by molar-refractivity contribution is 0.0912. The van der Waals surface area contributed by atoms with Gasteiger partial charge >= 0.3 is 0 Å². The van der Waals surface area contributed by atoms with Crippen molar-refractivity contribution in [2.24, 2.45) is 5.92 Å². The largest absolute Gasteiger partial charge is 0.496 e. The van der Waals surface area contributed by atoms with Gasteiger partial charge in [0, 0.05) is 11.5 Å². The van der Waals surface area contributed by atoms with Crippen molar-refractivity contribution in [1.29, 1.82) is 0 Å². The molecule has 3 heteroatoms. The number of carbonyl (C=O) groups excluding carboxylic acids is 2. The maximum atomic E-state index is 12.2. The first kappa shape index (κ1) is 13.4. The van der Waals surface area contributed by atoms with Gasteiger partial charge in [0.05, 0.1) is 12.7 Å². The first-order valence-corrected chi connectivity index (χ1v) is 5.75. The van der Waals surface area contributed by atoms with Gasteiger partial charge in [-0.25, -0.2) is 0 Å². The van der Waals surface area contributed by atoms with Crippen molar-refractivity contribution < 1.29 is 14.3 Å². The van der Waals surface area contributed by atoms with E-state index in [-0.39, 0.29) is 17.5 Å². The fraction of sp³-hybridized carbons (Fsp3) is 0.429. The summed E-state index contributed by atoms with van der Waals surface area (Å²) in [5, 5.41) is 0. The van der Waals surface area contributed by atoms with E-state index in [4.69, 9.17) is 4.74 Å². The van der Waals surface area contributed by atoms with E-state index < -0.39 is 0 Å². The van der Waals surface area contributed by atoms with Crippen LogP contribution in [0, 0.1) is 5.92 Å². The molecule has 0 fully saturated rings. The Morgan fingerprint density at radius 2 is 2.00 bits per heavy atom. The Hall–Kier alpha value is -1.64. The Kier molecular flexibility index (Phi) is 4.44. The number of rotatable bonds is 5. The third-order valence-corrected chi connectivity index (χ3v) is 2.93. The third kappa shape index (κ3) is 2.73. The molecule has 0 saturated heterocycles. The van der Waals surface area contributed by atoms with Crippen LogP contribution in [0.4, 0.5) is 0 Å². The van der Waals surface area contributed by atoms with Crippen LogP contribution in [0.1, 0.15) is 47.9 Å². The van der Waals surface area contributed by atoms with Crippen LogP contribution in [0.3, 0.4) is 0 Å². The Morgan fingerprint density at radius 1 is 1.35 bits per heavy atom. The molecule has 0 aromatic heterocycles. The van der Waals surface area contributed by atoms with E-state index in [9.17, 15) is 9.59 Å². The van der Waals surface area contributed by atoms with Gasteiger partial charge in [0.2, 0.25) is 0 Å². The summed E-state index contributed by atoms with van der Waals surface area (Å²) in [5.74, 6) is 0.220. The quantitative estimate of drug-likeness (QED) is 0.735. The van der Waals surface area contributed by atoms with Crippen LogP contribution >= 0.6 is 0 Å². The van der Waals surface area contributed by atoms with Crippen molar-refractivity contribution in [2.45, 2.75) is 27.2 Å². The van der Waals surface area contributed by atoms with E-state index in [1.54, 1.807) is 18.2 Å². The van der Waals surface area contributed by atoms with Crippen molar-refractivity contribution in [3.63, 3.8) is 0 Å². The predicted octanol–water partition coefficient (Wildman–Crippen LogP) is 3.13. The van der Waals surface area contributed by atoms with Crippen LogP contribution in [-0.2, 0) is 0 Å². The van der Waals surface area contributed by atoms with E-state index in [2.05, 4.69) is 0 Å². The molecule has 3 nitrogen and oxygen atoms in total. The van der Waals surface area contributed by atoms with Crippen molar-refractivity contribution in [1.82, 2.24) is 0 Å². The molecule has 17 heavy (non-hydrogen) atoms. The van der Waals surface area contributed by atoms with Gasteiger partial charge in [0.1, 0.15) is 5.75 Å². The summed E-state index contributed by atoms with van der Waals surface area (Å²) in [4.78, 5) is 23.8. The van der Waals surface area contributed by atoms with Crippen LogP contribution in [0.15, 0.2) is 18.2 Å². The highest BCUT2D eigenvalue weighted by atomic mass is 16.5. The zero-order chi connectivity index (χ0) is 13.0. The van der Waals surface area contributed by atoms with Crippen molar-refractivity contribution in [3.05, 3.63) is 29.3 Å². The zero-order valence-corrected chi connectivity index (χ0v) is 10.7. The average molecular weight is 234 g/mol. The Bertz CT molecular complexity index is 435. The number of Topliss-reactive ketones (excluding diaryl/α,β-unsaturated/α-hetero) is 2. The topological polar surface area (TPSA) is 43.4 Å². The third-order valence-electron chi connectivity index (χ3n) is 2.93. The number of carbonyl (C=O) groups is 2. The molecule has 0 heterocycles.